The molecule has 11 N–H and O–H groups in total. The molecule has 0 radical (unpaired) electrons. The lowest BCUT2D eigenvalue weighted by atomic mass is 10.0. The van der Waals surface area contributed by atoms with Gasteiger partial charge in [-0.05, 0) is 77.6 Å². The van der Waals surface area contributed by atoms with Crippen LogP contribution in [0.5, 0.6) is 0 Å². The molecule has 0 aromatic rings. The molecule has 24 heteroatoms. The number of amides is 10. The van der Waals surface area contributed by atoms with Crippen LogP contribution in [0.1, 0.15) is 85.5 Å². The number of aliphatic hydroxyl groups excluding tert-OH is 3. The highest BCUT2D eigenvalue weighted by Gasteiger charge is 2.53. The van der Waals surface area contributed by atoms with Crippen molar-refractivity contribution in [2.45, 2.75) is 158 Å². The fourth-order valence-electron chi connectivity index (χ4n) is 9.18. The Balaban J connectivity index is 1.19. The van der Waals surface area contributed by atoms with Crippen LogP contribution in [0.25, 0.3) is 0 Å². The third-order valence-corrected chi connectivity index (χ3v) is 12.6. The molecular weight excluding hydrogens is 857 g/mol. The first-order valence-electron chi connectivity index (χ1n) is 22.3. The Kier molecular flexibility index (Phi) is 16.9. The van der Waals surface area contributed by atoms with Gasteiger partial charge in [-0.2, -0.15) is 0 Å². The zero-order valence-corrected chi connectivity index (χ0v) is 37.2. The number of primary amides is 2. The number of hydrogen-bond donors (Lipinski definition) is 9. The van der Waals surface area contributed by atoms with Gasteiger partial charge in [0.1, 0.15) is 48.3 Å². The van der Waals surface area contributed by atoms with Crippen LogP contribution in [-0.4, -0.2) is 200 Å². The number of likely N-dealkylation sites (tertiary alicyclic amines) is 4. The molecule has 0 aliphatic carbocycles. The molecule has 5 heterocycles. The Labute approximate surface area is 375 Å². The van der Waals surface area contributed by atoms with Crippen molar-refractivity contribution in [2.24, 2.45) is 17.4 Å². The molecule has 5 fully saturated rings. The lowest BCUT2D eigenvalue weighted by Crippen LogP contribution is -2.60. The van der Waals surface area contributed by atoms with Gasteiger partial charge in [0.15, 0.2) is 12.2 Å². The number of nitrogens with one attached hydrogen (secondary N) is 4. The summed E-state index contributed by atoms with van der Waals surface area (Å²) in [5.41, 5.74) is 10.6. The maximum atomic E-state index is 14.2. The molecule has 10 amide bonds. The Morgan fingerprint density at radius 2 is 0.938 bits per heavy atom. The molecule has 5 rings (SSSR count). The van der Waals surface area contributed by atoms with Gasteiger partial charge in [0.25, 0.3) is 11.8 Å². The first-order chi connectivity index (χ1) is 30.7. The lowest BCUT2D eigenvalue weighted by molar-refractivity contribution is -0.152. The Bertz CT molecular complexity index is 1870. The molecule has 12 atom stereocenters. The van der Waals surface area contributed by atoms with Gasteiger partial charge >= 0.3 is 0 Å². The van der Waals surface area contributed by atoms with Gasteiger partial charge in [-0.1, -0.05) is 13.8 Å². The molecular formula is C41H64N10O14. The summed E-state index contributed by atoms with van der Waals surface area (Å²) >= 11 is 0. The van der Waals surface area contributed by atoms with Crippen LogP contribution in [-0.2, 0) is 52.7 Å². The number of aliphatic hydroxyl groups is 3. The SMILES string of the molecule is CC(C)C[C@H](NC(=O)[C@H]1O[C@@H]1C(=O)N[C@H](C(=O)N1CCC[C@H]1C(=O)N1CCC[C@H]1C(=O)N1CCC[C@H]1C(=O)N[C@@H](CO)C(N)=O)[C@@H](C)O)C(=O)N1CCC[C@H]1C(=O)N[C@H](C(N)=O)[C@@H](C)O. The molecule has 0 aromatic heterocycles. The monoisotopic (exact) mass is 920 g/mol. The van der Waals surface area contributed by atoms with Crippen molar-refractivity contribution in [3.63, 3.8) is 0 Å². The summed E-state index contributed by atoms with van der Waals surface area (Å²) in [6.07, 6.45) is -2.51. The molecule has 0 bridgehead atoms. The van der Waals surface area contributed by atoms with E-state index < -0.39 is 138 Å². The maximum absolute atomic E-state index is 14.2. The summed E-state index contributed by atoms with van der Waals surface area (Å²) in [4.78, 5) is 138. The van der Waals surface area contributed by atoms with E-state index in [1.807, 2.05) is 13.8 Å². The van der Waals surface area contributed by atoms with Crippen LogP contribution < -0.4 is 32.7 Å². The topological polar surface area (TPSA) is 357 Å². The van der Waals surface area contributed by atoms with E-state index in [1.54, 1.807) is 0 Å². The Morgan fingerprint density at radius 3 is 1.42 bits per heavy atom. The molecule has 5 aliphatic rings. The van der Waals surface area contributed by atoms with Gasteiger partial charge in [0.2, 0.25) is 47.3 Å². The smallest absolute Gasteiger partial charge is 0.253 e. The van der Waals surface area contributed by atoms with Crippen LogP contribution >= 0.6 is 0 Å². The van der Waals surface area contributed by atoms with Crippen LogP contribution in [0.2, 0.25) is 0 Å². The number of carbonyl (C=O) groups excluding carboxylic acids is 10. The second-order valence-corrected chi connectivity index (χ2v) is 17.9. The van der Waals surface area contributed by atoms with E-state index in [9.17, 15) is 63.3 Å². The fraction of sp³-hybridized carbons (Fsp3) is 0.756. The number of hydrogen-bond acceptors (Lipinski definition) is 14. The first-order valence-corrected chi connectivity index (χ1v) is 22.3. The normalized spacial score (nSPS) is 26.7. The number of epoxide rings is 1. The van der Waals surface area contributed by atoms with Crippen molar-refractivity contribution in [3.05, 3.63) is 0 Å². The average Bonchev–Trinajstić information content (AvgIpc) is 3.80. The zero-order chi connectivity index (χ0) is 48.0. The Hall–Kier alpha value is -5.46. The van der Waals surface area contributed by atoms with Gasteiger partial charge in [-0.25, -0.2) is 0 Å². The summed E-state index contributed by atoms with van der Waals surface area (Å²) in [7, 11) is 0. The molecule has 24 nitrogen and oxygen atoms in total. The highest BCUT2D eigenvalue weighted by Crippen LogP contribution is 2.30. The average molecular weight is 921 g/mol. The molecule has 5 aliphatic heterocycles. The molecule has 5 saturated heterocycles. The highest BCUT2D eigenvalue weighted by atomic mass is 16.6. The molecule has 65 heavy (non-hydrogen) atoms. The summed E-state index contributed by atoms with van der Waals surface area (Å²) in [5.74, 6) is -7.45. The van der Waals surface area contributed by atoms with Crippen molar-refractivity contribution in [1.29, 1.82) is 0 Å². The Morgan fingerprint density at radius 1 is 0.538 bits per heavy atom. The summed E-state index contributed by atoms with van der Waals surface area (Å²) in [5, 5.41) is 39.9. The number of nitrogens with zero attached hydrogens (tertiary/aromatic N) is 4. The number of carbonyl (C=O) groups is 10. The summed E-state index contributed by atoms with van der Waals surface area (Å²) in [6, 6.07) is -9.37. The lowest BCUT2D eigenvalue weighted by Gasteiger charge is -2.35. The van der Waals surface area contributed by atoms with Gasteiger partial charge < -0.3 is 72.4 Å². The van der Waals surface area contributed by atoms with E-state index in [0.29, 0.717) is 32.1 Å². The minimum atomic E-state index is -1.57. The maximum Gasteiger partial charge on any atom is 0.253 e. The molecule has 0 aromatic carbocycles. The van der Waals surface area contributed by atoms with E-state index in [4.69, 9.17) is 16.2 Å². The third-order valence-electron chi connectivity index (χ3n) is 12.6. The van der Waals surface area contributed by atoms with Crippen LogP contribution in [0, 0.1) is 5.92 Å². The summed E-state index contributed by atoms with van der Waals surface area (Å²) in [6.45, 7) is 6.15. The third kappa shape index (κ3) is 11.7. The highest BCUT2D eigenvalue weighted by molar-refractivity contribution is 6.01. The van der Waals surface area contributed by atoms with Crippen molar-refractivity contribution in [1.82, 2.24) is 40.9 Å². The van der Waals surface area contributed by atoms with Crippen molar-refractivity contribution in [2.75, 3.05) is 32.8 Å². The van der Waals surface area contributed by atoms with Crippen molar-refractivity contribution >= 4 is 59.1 Å². The van der Waals surface area contributed by atoms with E-state index in [-0.39, 0.29) is 57.8 Å². The van der Waals surface area contributed by atoms with Crippen molar-refractivity contribution in [3.8, 4) is 0 Å². The number of nitrogens with two attached hydrogens (primary N) is 2. The van der Waals surface area contributed by atoms with E-state index >= 15 is 0 Å². The predicted octanol–water partition coefficient (Wildman–Crippen LogP) is -5.57. The van der Waals surface area contributed by atoms with Gasteiger partial charge in [0, 0.05) is 26.2 Å². The molecule has 0 spiro atoms. The summed E-state index contributed by atoms with van der Waals surface area (Å²) < 4.78 is 5.41. The second kappa shape index (κ2) is 21.7. The van der Waals surface area contributed by atoms with E-state index in [1.165, 1.54) is 33.4 Å². The molecule has 0 saturated carbocycles. The zero-order valence-electron chi connectivity index (χ0n) is 37.2. The van der Waals surface area contributed by atoms with Crippen LogP contribution in [0.15, 0.2) is 0 Å². The van der Waals surface area contributed by atoms with E-state index in [0.717, 1.165) is 0 Å². The van der Waals surface area contributed by atoms with Gasteiger partial charge in [0.05, 0.1) is 18.8 Å². The minimum absolute atomic E-state index is 0.100. The molecule has 0 unspecified atom stereocenters. The minimum Gasteiger partial charge on any atom is -0.394 e. The number of rotatable bonds is 19. The fourth-order valence-corrected chi connectivity index (χ4v) is 9.18. The van der Waals surface area contributed by atoms with Crippen LogP contribution in [0.3, 0.4) is 0 Å². The van der Waals surface area contributed by atoms with Gasteiger partial charge in [-0.3, -0.25) is 47.9 Å². The second-order valence-electron chi connectivity index (χ2n) is 17.9. The standard InChI is InChI=1S/C41H64N10O14/c1-19(2)17-22(38(61)48-13-5-10-25(48)35(58)46-28(20(3)53)33(43)56)44-36(59)30-31(65-30)37(60)47-29(21(4)54)41(64)51-16-8-12-27(51)40(63)50-15-7-11-26(50)39(62)49-14-6-9-24(49)34(57)45-23(18-52)32(42)55/h19-31,52-54H,5-18H2,1-4H3,(H2,42,55)(H2,43,56)(H,44,59)(H,45,57)(H,46,58)(H,47,60)/t20-,21-,22+,23+,24+,25+,26+,27+,28+,29+,30+,31+/m1/s1. The number of ether oxygens (including phenoxy) is 1. The van der Waals surface area contributed by atoms with Crippen molar-refractivity contribution < 1.29 is 68.0 Å². The first kappa shape index (κ1) is 50.5. The molecule has 362 valence electrons. The largest absolute Gasteiger partial charge is 0.394 e. The van der Waals surface area contributed by atoms with E-state index in [2.05, 4.69) is 21.3 Å². The van der Waals surface area contributed by atoms with Gasteiger partial charge in [-0.15, -0.1) is 0 Å². The quantitative estimate of drug-likeness (QED) is 0.0546. The van der Waals surface area contributed by atoms with Crippen LogP contribution in [0.4, 0.5) is 0 Å². The predicted molar refractivity (Wildman–Crippen MR) is 224 cm³/mol.